The largest absolute Gasteiger partial charge is 0.391 e. The van der Waals surface area contributed by atoms with Gasteiger partial charge in [0.2, 0.25) is 0 Å². The van der Waals surface area contributed by atoms with E-state index in [9.17, 15) is 18.7 Å². The average molecular weight is 304 g/mol. The van der Waals surface area contributed by atoms with Gasteiger partial charge >= 0.3 is 0 Å². The zero-order valence-electron chi connectivity index (χ0n) is 11.1. The lowest BCUT2D eigenvalue weighted by atomic mass is 9.91. The topological polar surface area (TPSA) is 40.5 Å². The van der Waals surface area contributed by atoms with Crippen LogP contribution < -0.4 is 0 Å². The molecule has 1 aromatic carbocycles. The fraction of sp³-hybridized carbons (Fsp3) is 0.500. The van der Waals surface area contributed by atoms with Gasteiger partial charge in [0, 0.05) is 7.05 Å². The first kappa shape index (κ1) is 15.2. The molecule has 2 atom stereocenters. The lowest BCUT2D eigenvalue weighted by Gasteiger charge is -2.35. The Morgan fingerprint density at radius 3 is 2.55 bits per heavy atom. The van der Waals surface area contributed by atoms with Crippen molar-refractivity contribution in [2.45, 2.75) is 37.8 Å². The third kappa shape index (κ3) is 2.94. The molecule has 6 heteroatoms. The van der Waals surface area contributed by atoms with Crippen molar-refractivity contribution in [3.63, 3.8) is 0 Å². The van der Waals surface area contributed by atoms with Crippen molar-refractivity contribution < 1.29 is 18.7 Å². The third-order valence-corrected chi connectivity index (χ3v) is 4.06. The first-order valence-corrected chi connectivity index (χ1v) is 6.89. The van der Waals surface area contributed by atoms with Crippen LogP contribution in [0, 0.1) is 11.6 Å². The van der Waals surface area contributed by atoms with Crippen LogP contribution in [0.15, 0.2) is 12.1 Å². The van der Waals surface area contributed by atoms with E-state index in [1.165, 1.54) is 4.90 Å². The van der Waals surface area contributed by atoms with Crippen molar-refractivity contribution in [2.24, 2.45) is 0 Å². The molecule has 1 amide bonds. The molecule has 0 spiro atoms. The molecule has 2 rings (SSSR count). The van der Waals surface area contributed by atoms with Crippen LogP contribution in [0.1, 0.15) is 36.0 Å². The van der Waals surface area contributed by atoms with Crippen molar-refractivity contribution >= 4 is 17.5 Å². The van der Waals surface area contributed by atoms with Crippen molar-refractivity contribution in [3.05, 3.63) is 34.4 Å². The Morgan fingerprint density at radius 2 is 1.90 bits per heavy atom. The van der Waals surface area contributed by atoms with Gasteiger partial charge in [-0.15, -0.1) is 0 Å². The maximum absolute atomic E-state index is 13.2. The highest BCUT2D eigenvalue weighted by molar-refractivity contribution is 6.33. The van der Waals surface area contributed by atoms with Crippen molar-refractivity contribution in [2.75, 3.05) is 7.05 Å². The Morgan fingerprint density at radius 1 is 1.30 bits per heavy atom. The Kier molecular flexibility index (Phi) is 4.60. The number of nitrogens with zero attached hydrogens (tertiary/aromatic N) is 1. The summed E-state index contributed by atoms with van der Waals surface area (Å²) in [7, 11) is 1.54. The Labute approximate surface area is 121 Å². The zero-order valence-corrected chi connectivity index (χ0v) is 11.8. The van der Waals surface area contributed by atoms with E-state index < -0.39 is 23.6 Å². The van der Waals surface area contributed by atoms with Crippen LogP contribution in [-0.4, -0.2) is 35.1 Å². The van der Waals surface area contributed by atoms with Crippen LogP contribution in [-0.2, 0) is 0 Å². The number of rotatable bonds is 2. The fourth-order valence-corrected chi connectivity index (χ4v) is 2.80. The minimum atomic E-state index is -1.12. The van der Waals surface area contributed by atoms with Crippen LogP contribution in [0.4, 0.5) is 8.78 Å². The SMILES string of the molecule is CN(C(=O)c1cc(F)c(F)cc1Cl)C1CCCCC1O. The molecule has 0 aromatic heterocycles. The molecule has 1 N–H and O–H groups in total. The predicted octanol–water partition coefficient (Wildman–Crippen LogP) is 2.99. The normalized spacial score (nSPS) is 22.6. The standard InChI is InChI=1S/C14H16ClF2NO2/c1-18(12-4-2-3-5-13(12)19)14(20)8-6-10(16)11(17)7-9(8)15/h6-7,12-13,19H,2-5H2,1H3. The van der Waals surface area contributed by atoms with Gasteiger partial charge in [-0.1, -0.05) is 24.4 Å². The average Bonchev–Trinajstić information content (AvgIpc) is 2.42. The minimum Gasteiger partial charge on any atom is -0.391 e. The van der Waals surface area contributed by atoms with E-state index in [1.807, 2.05) is 0 Å². The number of carbonyl (C=O) groups excluding carboxylic acids is 1. The van der Waals surface area contributed by atoms with Crippen LogP contribution in [0.5, 0.6) is 0 Å². The molecule has 3 nitrogen and oxygen atoms in total. The summed E-state index contributed by atoms with van der Waals surface area (Å²) in [5.74, 6) is -2.72. The molecule has 1 saturated carbocycles. The van der Waals surface area contributed by atoms with E-state index in [0.29, 0.717) is 12.8 Å². The summed E-state index contributed by atoms with van der Waals surface area (Å²) in [6, 6.07) is 1.27. The van der Waals surface area contributed by atoms with Gasteiger partial charge in [-0.3, -0.25) is 4.79 Å². The molecule has 20 heavy (non-hydrogen) atoms. The second-order valence-electron chi connectivity index (χ2n) is 5.08. The first-order valence-electron chi connectivity index (χ1n) is 6.51. The summed E-state index contributed by atoms with van der Waals surface area (Å²) in [5.41, 5.74) is -0.0918. The summed E-state index contributed by atoms with van der Waals surface area (Å²) in [4.78, 5) is 13.7. The first-order chi connectivity index (χ1) is 9.41. The van der Waals surface area contributed by atoms with Gasteiger partial charge in [0.05, 0.1) is 22.7 Å². The van der Waals surface area contributed by atoms with E-state index in [2.05, 4.69) is 0 Å². The maximum atomic E-state index is 13.2. The van der Waals surface area contributed by atoms with E-state index in [1.54, 1.807) is 7.05 Å². The Bertz CT molecular complexity index is 524. The third-order valence-electron chi connectivity index (χ3n) is 3.75. The Balaban J connectivity index is 2.24. The van der Waals surface area contributed by atoms with Gasteiger partial charge in [-0.05, 0) is 25.0 Å². The molecule has 0 bridgehead atoms. The van der Waals surface area contributed by atoms with Gasteiger partial charge in [-0.2, -0.15) is 0 Å². The summed E-state index contributed by atoms with van der Waals surface area (Å²) < 4.78 is 26.3. The lowest BCUT2D eigenvalue weighted by Crippen LogP contribution is -2.46. The predicted molar refractivity (Wildman–Crippen MR) is 71.7 cm³/mol. The molecule has 1 aromatic rings. The molecular formula is C14H16ClF2NO2. The molecule has 1 aliphatic carbocycles. The number of hydrogen-bond donors (Lipinski definition) is 1. The highest BCUT2D eigenvalue weighted by Gasteiger charge is 2.31. The number of likely N-dealkylation sites (N-methyl/N-ethyl adjacent to an activating group) is 1. The number of halogens is 3. The van der Waals surface area contributed by atoms with Gasteiger partial charge in [-0.25, -0.2) is 8.78 Å². The Hall–Kier alpha value is -1.20. The van der Waals surface area contributed by atoms with Crippen LogP contribution in [0.2, 0.25) is 5.02 Å². The van der Waals surface area contributed by atoms with Crippen LogP contribution in [0.3, 0.4) is 0 Å². The molecule has 1 aliphatic rings. The molecule has 2 unspecified atom stereocenters. The highest BCUT2D eigenvalue weighted by atomic mass is 35.5. The van der Waals surface area contributed by atoms with E-state index >= 15 is 0 Å². The van der Waals surface area contributed by atoms with Crippen molar-refractivity contribution in [1.82, 2.24) is 4.90 Å². The molecule has 1 fully saturated rings. The molecule has 110 valence electrons. The van der Waals surface area contributed by atoms with Crippen LogP contribution in [0.25, 0.3) is 0 Å². The van der Waals surface area contributed by atoms with Gasteiger partial charge in [0.15, 0.2) is 11.6 Å². The quantitative estimate of drug-likeness (QED) is 0.853. The number of aliphatic hydroxyl groups excluding tert-OH is 1. The van der Waals surface area contributed by atoms with E-state index in [4.69, 9.17) is 11.6 Å². The number of carbonyl (C=O) groups is 1. The van der Waals surface area contributed by atoms with E-state index in [0.717, 1.165) is 25.0 Å². The molecule has 0 saturated heterocycles. The number of hydrogen-bond acceptors (Lipinski definition) is 2. The van der Waals surface area contributed by atoms with Crippen LogP contribution >= 0.6 is 11.6 Å². The number of aliphatic hydroxyl groups is 1. The smallest absolute Gasteiger partial charge is 0.255 e. The monoisotopic (exact) mass is 303 g/mol. The lowest BCUT2D eigenvalue weighted by molar-refractivity contribution is 0.0268. The van der Waals surface area contributed by atoms with Gasteiger partial charge < -0.3 is 10.0 Å². The molecule has 0 radical (unpaired) electrons. The summed E-state index contributed by atoms with van der Waals surface area (Å²) in [6.07, 6.45) is 2.57. The number of amides is 1. The second kappa shape index (κ2) is 6.06. The summed E-state index contributed by atoms with van der Waals surface area (Å²) in [5, 5.41) is 9.81. The fourth-order valence-electron chi connectivity index (χ4n) is 2.57. The van der Waals surface area contributed by atoms with Gasteiger partial charge in [0.25, 0.3) is 5.91 Å². The summed E-state index contributed by atoms with van der Waals surface area (Å²) in [6.45, 7) is 0. The zero-order chi connectivity index (χ0) is 14.9. The minimum absolute atomic E-state index is 0.0918. The molecular weight excluding hydrogens is 288 g/mol. The molecule has 0 heterocycles. The summed E-state index contributed by atoms with van der Waals surface area (Å²) >= 11 is 5.80. The number of benzene rings is 1. The maximum Gasteiger partial charge on any atom is 0.255 e. The molecule has 0 aliphatic heterocycles. The van der Waals surface area contributed by atoms with Crippen molar-refractivity contribution in [3.8, 4) is 0 Å². The van der Waals surface area contributed by atoms with Crippen molar-refractivity contribution in [1.29, 1.82) is 0 Å². The van der Waals surface area contributed by atoms with Gasteiger partial charge in [0.1, 0.15) is 0 Å². The highest BCUT2D eigenvalue weighted by Crippen LogP contribution is 2.26. The second-order valence-corrected chi connectivity index (χ2v) is 5.49. The van der Waals surface area contributed by atoms with E-state index in [-0.39, 0.29) is 16.6 Å².